The van der Waals surface area contributed by atoms with Gasteiger partial charge in [-0.05, 0) is 18.2 Å². The Labute approximate surface area is 99.4 Å². The zero-order chi connectivity index (χ0) is 11.5. The van der Waals surface area contributed by atoms with E-state index in [2.05, 4.69) is 25.9 Å². The van der Waals surface area contributed by atoms with Gasteiger partial charge in [-0.1, -0.05) is 15.9 Å². The normalized spacial score (nSPS) is 10.1. The molecule has 82 valence electrons. The van der Waals surface area contributed by atoms with Crippen LogP contribution in [0.15, 0.2) is 34.9 Å². The molecule has 0 fully saturated rings. The lowest BCUT2D eigenvalue weighted by atomic mass is 10.3. The smallest absolute Gasteiger partial charge is 0.323 e. The number of ether oxygens (including phenoxy) is 1. The lowest BCUT2D eigenvalue weighted by molar-refractivity contribution is 0.438. The van der Waals surface area contributed by atoms with Crippen LogP contribution in [0.5, 0.6) is 11.8 Å². The van der Waals surface area contributed by atoms with Crippen LogP contribution < -0.4 is 10.5 Å². The molecule has 0 saturated carbocycles. The summed E-state index contributed by atoms with van der Waals surface area (Å²) in [6.45, 7) is 0. The first-order valence-electron chi connectivity index (χ1n) is 4.36. The molecule has 0 bridgehead atoms. The third-order valence-corrected chi connectivity index (χ3v) is 2.16. The number of nitrogens with zero attached hydrogens (tertiary/aromatic N) is 2. The standard InChI is InChI=1S/C10H7BrFN3O/c11-6-3-7(12)5-8(4-6)16-10-14-2-1-9(13)15-10/h1-5H,(H2,13,14,15). The quantitative estimate of drug-likeness (QED) is 0.921. The van der Waals surface area contributed by atoms with E-state index in [1.54, 1.807) is 6.07 Å². The van der Waals surface area contributed by atoms with E-state index in [-0.39, 0.29) is 6.01 Å². The van der Waals surface area contributed by atoms with Crippen molar-refractivity contribution in [1.82, 2.24) is 9.97 Å². The Hall–Kier alpha value is -1.69. The minimum atomic E-state index is -0.409. The summed E-state index contributed by atoms with van der Waals surface area (Å²) in [5.74, 6) is 0.186. The van der Waals surface area contributed by atoms with E-state index in [9.17, 15) is 4.39 Å². The first kappa shape index (κ1) is 10.8. The minimum Gasteiger partial charge on any atom is -0.424 e. The summed E-state index contributed by atoms with van der Waals surface area (Å²) in [6, 6.07) is 5.78. The van der Waals surface area contributed by atoms with Crippen LogP contribution in [-0.4, -0.2) is 9.97 Å². The van der Waals surface area contributed by atoms with E-state index in [0.717, 1.165) is 0 Å². The molecule has 0 atom stereocenters. The Morgan fingerprint density at radius 3 is 2.81 bits per heavy atom. The molecule has 0 aliphatic carbocycles. The molecule has 2 N–H and O–H groups in total. The highest BCUT2D eigenvalue weighted by Crippen LogP contribution is 2.23. The van der Waals surface area contributed by atoms with E-state index in [0.29, 0.717) is 16.0 Å². The molecular formula is C10H7BrFN3O. The Bertz CT molecular complexity index is 501. The van der Waals surface area contributed by atoms with Crippen molar-refractivity contribution >= 4 is 21.7 Å². The van der Waals surface area contributed by atoms with Gasteiger partial charge in [-0.3, -0.25) is 0 Å². The number of hydrogen-bond donors (Lipinski definition) is 1. The molecule has 6 heteroatoms. The lowest BCUT2D eigenvalue weighted by Crippen LogP contribution is -1.95. The number of rotatable bonds is 2. The van der Waals surface area contributed by atoms with Crippen molar-refractivity contribution in [3.05, 3.63) is 40.8 Å². The average molecular weight is 284 g/mol. The van der Waals surface area contributed by atoms with Gasteiger partial charge >= 0.3 is 6.01 Å². The fraction of sp³-hybridized carbons (Fsp3) is 0. The number of aromatic nitrogens is 2. The van der Waals surface area contributed by atoms with Gasteiger partial charge < -0.3 is 10.5 Å². The van der Waals surface area contributed by atoms with Crippen molar-refractivity contribution in [2.75, 3.05) is 5.73 Å². The van der Waals surface area contributed by atoms with E-state index in [1.165, 1.54) is 24.4 Å². The largest absolute Gasteiger partial charge is 0.424 e. The van der Waals surface area contributed by atoms with Gasteiger partial charge in [0.15, 0.2) is 0 Å². The van der Waals surface area contributed by atoms with Gasteiger partial charge in [0, 0.05) is 16.7 Å². The Balaban J connectivity index is 2.27. The van der Waals surface area contributed by atoms with Crippen LogP contribution in [0.25, 0.3) is 0 Å². The molecular weight excluding hydrogens is 277 g/mol. The SMILES string of the molecule is Nc1ccnc(Oc2cc(F)cc(Br)c2)n1. The van der Waals surface area contributed by atoms with Crippen molar-refractivity contribution in [2.45, 2.75) is 0 Å². The monoisotopic (exact) mass is 283 g/mol. The topological polar surface area (TPSA) is 61.0 Å². The van der Waals surface area contributed by atoms with E-state index >= 15 is 0 Å². The van der Waals surface area contributed by atoms with Gasteiger partial charge in [-0.2, -0.15) is 4.98 Å². The van der Waals surface area contributed by atoms with Gasteiger partial charge in [-0.15, -0.1) is 0 Å². The summed E-state index contributed by atoms with van der Waals surface area (Å²) >= 11 is 3.16. The van der Waals surface area contributed by atoms with Crippen LogP contribution in [0.4, 0.5) is 10.2 Å². The predicted molar refractivity (Wildman–Crippen MR) is 60.6 cm³/mol. The summed E-state index contributed by atoms with van der Waals surface area (Å²) < 4.78 is 18.9. The van der Waals surface area contributed by atoms with Crippen LogP contribution in [-0.2, 0) is 0 Å². The number of hydrogen-bond acceptors (Lipinski definition) is 4. The van der Waals surface area contributed by atoms with E-state index in [1.807, 2.05) is 0 Å². The zero-order valence-corrected chi connectivity index (χ0v) is 9.61. The van der Waals surface area contributed by atoms with Gasteiger partial charge in [0.1, 0.15) is 17.4 Å². The maximum atomic E-state index is 13.0. The van der Waals surface area contributed by atoms with Crippen LogP contribution in [0.3, 0.4) is 0 Å². The molecule has 4 nitrogen and oxygen atoms in total. The fourth-order valence-electron chi connectivity index (χ4n) is 1.10. The molecule has 0 saturated heterocycles. The van der Waals surface area contributed by atoms with Gasteiger partial charge in [0.25, 0.3) is 0 Å². The number of anilines is 1. The number of nitrogen functional groups attached to an aromatic ring is 1. The van der Waals surface area contributed by atoms with Crippen molar-refractivity contribution in [3.63, 3.8) is 0 Å². The second-order valence-electron chi connectivity index (χ2n) is 2.97. The third kappa shape index (κ3) is 2.66. The minimum absolute atomic E-state index is 0.0810. The summed E-state index contributed by atoms with van der Waals surface area (Å²) in [5, 5.41) is 0. The summed E-state index contributed by atoms with van der Waals surface area (Å²) in [6.07, 6.45) is 1.46. The molecule has 16 heavy (non-hydrogen) atoms. The highest BCUT2D eigenvalue weighted by atomic mass is 79.9. The van der Waals surface area contributed by atoms with Crippen molar-refractivity contribution < 1.29 is 9.13 Å². The van der Waals surface area contributed by atoms with Gasteiger partial charge in [-0.25, -0.2) is 9.37 Å². The molecule has 0 amide bonds. The third-order valence-electron chi connectivity index (χ3n) is 1.70. The summed E-state index contributed by atoms with van der Waals surface area (Å²) in [5.41, 5.74) is 5.46. The first-order chi connectivity index (χ1) is 7.63. The van der Waals surface area contributed by atoms with E-state index < -0.39 is 5.82 Å². The lowest BCUT2D eigenvalue weighted by Gasteiger charge is -2.04. The molecule has 1 aromatic heterocycles. The highest BCUT2D eigenvalue weighted by Gasteiger charge is 2.03. The molecule has 0 radical (unpaired) electrons. The van der Waals surface area contributed by atoms with E-state index in [4.69, 9.17) is 10.5 Å². The molecule has 1 heterocycles. The number of nitrogens with two attached hydrogens (primary N) is 1. The fourth-order valence-corrected chi connectivity index (χ4v) is 1.54. The molecule has 0 unspecified atom stereocenters. The van der Waals surface area contributed by atoms with Gasteiger partial charge in [0.2, 0.25) is 0 Å². The van der Waals surface area contributed by atoms with Crippen LogP contribution in [0.2, 0.25) is 0 Å². The number of benzene rings is 1. The van der Waals surface area contributed by atoms with Crippen molar-refractivity contribution in [1.29, 1.82) is 0 Å². The second kappa shape index (κ2) is 4.44. The van der Waals surface area contributed by atoms with Crippen LogP contribution >= 0.6 is 15.9 Å². The van der Waals surface area contributed by atoms with Gasteiger partial charge in [0.05, 0.1) is 0 Å². The van der Waals surface area contributed by atoms with Crippen molar-refractivity contribution in [3.8, 4) is 11.8 Å². The predicted octanol–water partition coefficient (Wildman–Crippen LogP) is 2.75. The summed E-state index contributed by atoms with van der Waals surface area (Å²) in [7, 11) is 0. The first-order valence-corrected chi connectivity index (χ1v) is 5.15. The Kier molecular flexibility index (Phi) is 3.00. The molecule has 2 rings (SSSR count). The summed E-state index contributed by atoms with van der Waals surface area (Å²) in [4.78, 5) is 7.68. The molecule has 1 aromatic carbocycles. The maximum Gasteiger partial charge on any atom is 0.323 e. The van der Waals surface area contributed by atoms with Crippen LogP contribution in [0, 0.1) is 5.82 Å². The van der Waals surface area contributed by atoms with Crippen molar-refractivity contribution in [2.24, 2.45) is 0 Å². The average Bonchev–Trinajstić information content (AvgIpc) is 2.15. The Morgan fingerprint density at radius 1 is 1.31 bits per heavy atom. The highest BCUT2D eigenvalue weighted by molar-refractivity contribution is 9.10. The molecule has 0 aliphatic rings. The maximum absolute atomic E-state index is 13.0. The Morgan fingerprint density at radius 2 is 2.12 bits per heavy atom. The molecule has 0 aliphatic heterocycles. The zero-order valence-electron chi connectivity index (χ0n) is 8.02. The second-order valence-corrected chi connectivity index (χ2v) is 3.89. The molecule has 2 aromatic rings. The number of halogens is 2. The molecule has 0 spiro atoms. The van der Waals surface area contributed by atoms with Crippen LogP contribution in [0.1, 0.15) is 0 Å².